The number of phenolic OH excluding ortho intramolecular Hbond substituents is 1. The van der Waals surface area contributed by atoms with Gasteiger partial charge >= 0.3 is 0 Å². The van der Waals surface area contributed by atoms with Gasteiger partial charge in [-0.15, -0.1) is 24.8 Å². The molecule has 0 heterocycles. The SMILES string of the molecule is Cl.Cl.Nc1cc(N)cc(O)c1.[Ti]. The van der Waals surface area contributed by atoms with E-state index in [-0.39, 0.29) is 52.3 Å². The van der Waals surface area contributed by atoms with Crippen molar-refractivity contribution in [2.24, 2.45) is 0 Å². The van der Waals surface area contributed by atoms with E-state index in [0.717, 1.165) is 0 Å². The zero-order chi connectivity index (χ0) is 6.85. The monoisotopic (exact) mass is 244 g/mol. The molecule has 0 spiro atoms. The van der Waals surface area contributed by atoms with Crippen LogP contribution in [-0.2, 0) is 21.7 Å². The van der Waals surface area contributed by atoms with Crippen LogP contribution in [0.1, 0.15) is 0 Å². The minimum atomic E-state index is 0. The minimum Gasteiger partial charge on any atom is -0.508 e. The van der Waals surface area contributed by atoms with Crippen molar-refractivity contribution in [2.75, 3.05) is 11.5 Å². The molecule has 0 aliphatic heterocycles. The summed E-state index contributed by atoms with van der Waals surface area (Å²) < 4.78 is 0. The molecule has 1 rings (SSSR count). The Hall–Kier alpha value is -0.0857. The fourth-order valence-electron chi connectivity index (χ4n) is 0.659. The van der Waals surface area contributed by atoms with Gasteiger partial charge in [0.05, 0.1) is 0 Å². The van der Waals surface area contributed by atoms with Crippen molar-refractivity contribution in [3.63, 3.8) is 0 Å². The standard InChI is InChI=1S/C6H8N2O.2ClH.Ti/c7-4-1-5(8)3-6(9)2-4;;;/h1-3,9H,7-8H2;2*1H;. The van der Waals surface area contributed by atoms with Crippen LogP contribution in [0.3, 0.4) is 0 Å². The van der Waals surface area contributed by atoms with Gasteiger partial charge < -0.3 is 16.6 Å². The van der Waals surface area contributed by atoms with Crippen molar-refractivity contribution in [3.05, 3.63) is 18.2 Å². The summed E-state index contributed by atoms with van der Waals surface area (Å²) in [6, 6.07) is 4.46. The van der Waals surface area contributed by atoms with Crippen molar-refractivity contribution < 1.29 is 26.8 Å². The summed E-state index contributed by atoms with van der Waals surface area (Å²) >= 11 is 0. The van der Waals surface area contributed by atoms with Gasteiger partial charge in [-0.25, -0.2) is 0 Å². The van der Waals surface area contributed by atoms with Crippen LogP contribution in [0.15, 0.2) is 18.2 Å². The van der Waals surface area contributed by atoms with E-state index in [2.05, 4.69) is 0 Å². The molecular formula is C6H10Cl2N2OTi. The summed E-state index contributed by atoms with van der Waals surface area (Å²) in [6.07, 6.45) is 0. The third-order valence-electron chi connectivity index (χ3n) is 0.962. The maximum atomic E-state index is 8.83. The second-order valence-electron chi connectivity index (χ2n) is 1.86. The van der Waals surface area contributed by atoms with Gasteiger partial charge in [0.1, 0.15) is 5.75 Å². The van der Waals surface area contributed by atoms with Gasteiger partial charge in [0.15, 0.2) is 0 Å². The smallest absolute Gasteiger partial charge is 0.119 e. The summed E-state index contributed by atoms with van der Waals surface area (Å²) in [4.78, 5) is 0. The van der Waals surface area contributed by atoms with E-state index in [4.69, 9.17) is 16.6 Å². The van der Waals surface area contributed by atoms with E-state index < -0.39 is 0 Å². The molecule has 0 radical (unpaired) electrons. The molecule has 0 amide bonds. The first kappa shape index (κ1) is 17.9. The number of halogens is 2. The summed E-state index contributed by atoms with van der Waals surface area (Å²) in [5.41, 5.74) is 11.6. The molecule has 3 nitrogen and oxygen atoms in total. The van der Waals surface area contributed by atoms with Gasteiger partial charge in [-0.2, -0.15) is 0 Å². The number of rotatable bonds is 0. The van der Waals surface area contributed by atoms with Gasteiger partial charge in [0.25, 0.3) is 0 Å². The van der Waals surface area contributed by atoms with Crippen LogP contribution >= 0.6 is 24.8 Å². The minimum absolute atomic E-state index is 0. The molecule has 1 aromatic carbocycles. The molecule has 0 saturated heterocycles. The molecule has 0 fully saturated rings. The summed E-state index contributed by atoms with van der Waals surface area (Å²) in [6.45, 7) is 0. The largest absolute Gasteiger partial charge is 0.508 e. The van der Waals surface area contributed by atoms with Crippen LogP contribution < -0.4 is 11.5 Å². The number of benzene rings is 1. The van der Waals surface area contributed by atoms with Gasteiger partial charge in [-0.3, -0.25) is 0 Å². The van der Waals surface area contributed by atoms with E-state index in [1.807, 2.05) is 0 Å². The number of anilines is 2. The maximum absolute atomic E-state index is 8.83. The molecule has 0 aromatic heterocycles. The average Bonchev–Trinajstić information content (AvgIpc) is 1.59. The number of nitrogen functional groups attached to an aromatic ring is 2. The number of nitrogens with two attached hydrogens (primary N) is 2. The molecule has 0 aliphatic carbocycles. The Morgan fingerprint density at radius 1 is 0.917 bits per heavy atom. The Morgan fingerprint density at radius 2 is 1.25 bits per heavy atom. The molecule has 5 N–H and O–H groups in total. The maximum Gasteiger partial charge on any atom is 0.119 e. The molecule has 1 aromatic rings. The zero-order valence-corrected chi connectivity index (χ0v) is 9.35. The summed E-state index contributed by atoms with van der Waals surface area (Å²) in [5, 5.41) is 8.83. The molecule has 0 atom stereocenters. The summed E-state index contributed by atoms with van der Waals surface area (Å²) in [5.74, 6) is 0.104. The predicted molar refractivity (Wildman–Crippen MR) is 51.4 cm³/mol. The molecule has 0 bridgehead atoms. The number of hydrogen-bond donors (Lipinski definition) is 3. The van der Waals surface area contributed by atoms with Crippen LogP contribution in [-0.4, -0.2) is 5.11 Å². The summed E-state index contributed by atoms with van der Waals surface area (Å²) in [7, 11) is 0. The fraction of sp³-hybridized carbons (Fsp3) is 0. The van der Waals surface area contributed by atoms with Crippen LogP contribution in [0.25, 0.3) is 0 Å². The van der Waals surface area contributed by atoms with Crippen LogP contribution in [0.4, 0.5) is 11.4 Å². The van der Waals surface area contributed by atoms with E-state index in [0.29, 0.717) is 11.4 Å². The Balaban J connectivity index is -0.000000270. The van der Waals surface area contributed by atoms with E-state index >= 15 is 0 Å². The predicted octanol–water partition coefficient (Wildman–Crippen LogP) is 1.40. The Bertz CT molecular complexity index is 184. The molecule has 0 aliphatic rings. The van der Waals surface area contributed by atoms with Gasteiger partial charge in [-0.1, -0.05) is 0 Å². The molecule has 0 saturated carbocycles. The molecule has 68 valence electrons. The third kappa shape index (κ3) is 5.55. The Morgan fingerprint density at radius 3 is 1.50 bits per heavy atom. The van der Waals surface area contributed by atoms with Gasteiger partial charge in [0.2, 0.25) is 0 Å². The number of phenols is 1. The first-order chi connectivity index (χ1) is 4.18. The number of aromatic hydroxyl groups is 1. The second-order valence-corrected chi connectivity index (χ2v) is 1.86. The van der Waals surface area contributed by atoms with Crippen molar-refractivity contribution >= 4 is 36.2 Å². The fourth-order valence-corrected chi connectivity index (χ4v) is 0.659. The van der Waals surface area contributed by atoms with E-state index in [1.165, 1.54) is 12.1 Å². The molecule has 6 heteroatoms. The molecular weight excluding hydrogens is 235 g/mol. The van der Waals surface area contributed by atoms with Crippen molar-refractivity contribution in [1.82, 2.24) is 0 Å². The van der Waals surface area contributed by atoms with Gasteiger partial charge in [-0.05, 0) is 6.07 Å². The first-order valence-electron chi connectivity index (χ1n) is 2.53. The van der Waals surface area contributed by atoms with E-state index in [9.17, 15) is 0 Å². The van der Waals surface area contributed by atoms with Crippen molar-refractivity contribution in [1.29, 1.82) is 0 Å². The second kappa shape index (κ2) is 7.56. The van der Waals surface area contributed by atoms with Crippen LogP contribution in [0.5, 0.6) is 5.75 Å². The van der Waals surface area contributed by atoms with Crippen LogP contribution in [0.2, 0.25) is 0 Å². The normalized spacial score (nSPS) is 7.00. The zero-order valence-electron chi connectivity index (χ0n) is 6.15. The van der Waals surface area contributed by atoms with E-state index in [1.54, 1.807) is 6.07 Å². The Labute approximate surface area is 98.2 Å². The molecule has 0 unspecified atom stereocenters. The number of hydrogen-bond acceptors (Lipinski definition) is 3. The van der Waals surface area contributed by atoms with Crippen molar-refractivity contribution in [3.8, 4) is 5.75 Å². The first-order valence-corrected chi connectivity index (χ1v) is 2.53. The van der Waals surface area contributed by atoms with Gasteiger partial charge in [0, 0.05) is 45.2 Å². The average molecular weight is 245 g/mol. The topological polar surface area (TPSA) is 72.3 Å². The van der Waals surface area contributed by atoms with Crippen LogP contribution in [0, 0.1) is 0 Å². The Kier molecular flexibility index (Phi) is 11.2. The molecule has 12 heavy (non-hydrogen) atoms. The van der Waals surface area contributed by atoms with Crippen molar-refractivity contribution in [2.45, 2.75) is 0 Å². The third-order valence-corrected chi connectivity index (χ3v) is 0.962. The quantitative estimate of drug-likeness (QED) is 0.477.